The number of fused-ring (bicyclic) bond motifs is 24. The van der Waals surface area contributed by atoms with E-state index in [4.69, 9.17) is 53.7 Å². The minimum Gasteiger partial charge on any atom is -0.459 e. The maximum atomic E-state index is 7.15. The summed E-state index contributed by atoms with van der Waals surface area (Å²) < 4.78 is 14.2. The van der Waals surface area contributed by atoms with Gasteiger partial charge in [-0.05, 0) is 121 Å². The van der Waals surface area contributed by atoms with Gasteiger partial charge in [-0.25, -0.2) is 29.9 Å². The van der Waals surface area contributed by atoms with E-state index in [1.807, 2.05) is 60.8 Å². The van der Waals surface area contributed by atoms with Crippen LogP contribution >= 0.6 is 0 Å². The normalized spacial score (nSPS) is 14.7. The van der Waals surface area contributed by atoms with E-state index in [0.29, 0.717) is 51.9 Å². The molecule has 8 aromatic carbocycles. The number of hydrogen-bond donors (Lipinski definition) is 0. The van der Waals surface area contributed by atoms with E-state index in [1.54, 1.807) is 31.0 Å². The lowest BCUT2D eigenvalue weighted by atomic mass is 9.73. The van der Waals surface area contributed by atoms with E-state index >= 15 is 0 Å². The Kier molecular flexibility index (Phi) is 10.4. The van der Waals surface area contributed by atoms with Crippen molar-refractivity contribution in [2.45, 2.75) is 10.8 Å². The number of nitrogens with zero attached hydrogens (tertiary/aromatic N) is 10. The average molecular weight is 1180 g/mol. The van der Waals surface area contributed by atoms with Crippen molar-refractivity contribution < 1.29 is 8.83 Å². The molecule has 0 saturated heterocycles. The monoisotopic (exact) mass is 1180 g/mol. The van der Waals surface area contributed by atoms with Crippen molar-refractivity contribution in [1.29, 1.82) is 0 Å². The molecule has 426 valence electrons. The molecule has 16 aromatic rings. The highest BCUT2D eigenvalue weighted by atomic mass is 16.3. The second kappa shape index (κ2) is 19.0. The summed E-state index contributed by atoms with van der Waals surface area (Å²) in [5.74, 6) is 4.48. The van der Waals surface area contributed by atoms with Gasteiger partial charge >= 0.3 is 0 Å². The number of hydrogen-bond acceptors (Lipinski definition) is 12. The molecule has 8 heterocycles. The summed E-state index contributed by atoms with van der Waals surface area (Å²) in [5.41, 5.74) is 21.7. The summed E-state index contributed by atoms with van der Waals surface area (Å²) in [6, 6.07) is 80.0. The predicted molar refractivity (Wildman–Crippen MR) is 355 cm³/mol. The Bertz CT molecular complexity index is 5780. The van der Waals surface area contributed by atoms with Gasteiger partial charge in [-0.3, -0.25) is 19.9 Å². The van der Waals surface area contributed by atoms with Crippen LogP contribution in [0.15, 0.2) is 277 Å². The first-order valence-corrected chi connectivity index (χ1v) is 30.6. The first-order chi connectivity index (χ1) is 45.6. The van der Waals surface area contributed by atoms with Gasteiger partial charge in [0.1, 0.15) is 44.9 Å². The SMILES string of the molecule is c1ccc(-c2nc(-c3cc(-c4cncc(-c5nc(-c6cccnc6)nc(-c6cccc7c6-c6c(oc8ccccc68)C76c7ccccc7-c7ccccc76)n5)c4)ccn3)nc(-c3cccc4c3-c3ccccc3C43c4ccccc4-c4c3oc3ccccc43)n2)nc1. The maximum Gasteiger partial charge on any atom is 0.182 e. The van der Waals surface area contributed by atoms with E-state index < -0.39 is 10.8 Å². The Balaban J connectivity index is 0.733. The third-order valence-corrected chi connectivity index (χ3v) is 19.1. The van der Waals surface area contributed by atoms with Crippen LogP contribution in [0.3, 0.4) is 0 Å². The number of rotatable bonds is 7. The molecule has 92 heavy (non-hydrogen) atoms. The van der Waals surface area contributed by atoms with Gasteiger partial charge in [0, 0.05) is 92.5 Å². The molecular weight excluding hydrogens is 1130 g/mol. The van der Waals surface area contributed by atoms with Crippen molar-refractivity contribution in [3.63, 3.8) is 0 Å². The highest BCUT2D eigenvalue weighted by molar-refractivity contribution is 6.09. The highest BCUT2D eigenvalue weighted by Gasteiger charge is 2.57. The summed E-state index contributed by atoms with van der Waals surface area (Å²) in [7, 11) is 0. The van der Waals surface area contributed by atoms with Crippen LogP contribution in [-0.2, 0) is 10.8 Å². The van der Waals surface area contributed by atoms with Crippen LogP contribution in [0.4, 0.5) is 0 Å². The standard InChI is InChI=1S/C80H44N10O2/c1-7-27-57-49(19-1)50-20-2-8-28-58(50)79(57)62-32-16-26-56(69(62)70-54-24-6-12-35-66(54)92-72(70)79)76-86-73(46-18-17-37-81-42-46)85-74(87-76)48-40-47(43-82-44-48)45-36-39-84-64(41-45)78-89-75(88-77(90-78)63-33-13-14-38-83-63)55-25-15-31-61-67(55)51-21-3-9-29-59(51)80(61)60-30-10-4-22-52(60)68-53-23-5-11-34-65(53)91-71(68)80/h1-44H. The zero-order valence-electron chi connectivity index (χ0n) is 48.7. The lowest BCUT2D eigenvalue weighted by Crippen LogP contribution is -2.25. The van der Waals surface area contributed by atoms with Crippen molar-refractivity contribution in [2.75, 3.05) is 0 Å². The molecular formula is C80H44N10O2. The molecule has 1 atom stereocenters. The van der Waals surface area contributed by atoms with Crippen LogP contribution in [0.1, 0.15) is 44.9 Å². The van der Waals surface area contributed by atoms with Crippen molar-refractivity contribution in [2.24, 2.45) is 0 Å². The van der Waals surface area contributed by atoms with E-state index in [-0.39, 0.29) is 0 Å². The van der Waals surface area contributed by atoms with Crippen LogP contribution in [-0.4, -0.2) is 49.8 Å². The minimum atomic E-state index is -0.741. The lowest BCUT2D eigenvalue weighted by Gasteiger charge is -2.28. The second-order valence-corrected chi connectivity index (χ2v) is 23.7. The summed E-state index contributed by atoms with van der Waals surface area (Å²) >= 11 is 0. The quantitative estimate of drug-likeness (QED) is 0.149. The lowest BCUT2D eigenvalue weighted by molar-refractivity contribution is 0.506. The Morgan fingerprint density at radius 3 is 1.40 bits per heavy atom. The summed E-state index contributed by atoms with van der Waals surface area (Å²) in [5, 5.41) is 2.11. The molecule has 0 bridgehead atoms. The van der Waals surface area contributed by atoms with E-state index in [9.17, 15) is 0 Å². The van der Waals surface area contributed by atoms with Crippen molar-refractivity contribution in [3.05, 3.63) is 313 Å². The Labute approximate surface area is 525 Å². The van der Waals surface area contributed by atoms with Crippen LogP contribution in [0.25, 0.3) is 146 Å². The minimum absolute atomic E-state index is 0.379. The molecule has 20 rings (SSSR count). The van der Waals surface area contributed by atoms with Crippen molar-refractivity contribution in [1.82, 2.24) is 49.8 Å². The fraction of sp³-hybridized carbons (Fsp3) is 0.0250. The molecule has 0 radical (unpaired) electrons. The highest BCUT2D eigenvalue weighted by Crippen LogP contribution is 2.67. The third-order valence-electron chi connectivity index (χ3n) is 19.1. The van der Waals surface area contributed by atoms with Gasteiger partial charge in [0.15, 0.2) is 34.9 Å². The maximum absolute atomic E-state index is 7.15. The molecule has 0 N–H and O–H groups in total. The molecule has 12 heteroatoms. The first kappa shape index (κ1) is 50.5. The molecule has 1 unspecified atom stereocenters. The number of para-hydroxylation sites is 2. The van der Waals surface area contributed by atoms with Gasteiger partial charge in [-0.15, -0.1) is 0 Å². The van der Waals surface area contributed by atoms with Gasteiger partial charge in [0.25, 0.3) is 0 Å². The first-order valence-electron chi connectivity index (χ1n) is 30.6. The zero-order valence-corrected chi connectivity index (χ0v) is 48.7. The average Bonchev–Trinajstić information content (AvgIpc) is 1.51. The van der Waals surface area contributed by atoms with E-state index in [2.05, 4.69) is 181 Å². The van der Waals surface area contributed by atoms with Gasteiger partial charge in [0.05, 0.1) is 0 Å². The van der Waals surface area contributed by atoms with Crippen molar-refractivity contribution >= 4 is 21.9 Å². The van der Waals surface area contributed by atoms with Crippen LogP contribution in [0.5, 0.6) is 0 Å². The topological polar surface area (TPSA) is 155 Å². The number of furan rings is 2. The molecule has 12 nitrogen and oxygen atoms in total. The van der Waals surface area contributed by atoms with Gasteiger partial charge in [-0.1, -0.05) is 176 Å². The molecule has 8 aromatic heterocycles. The molecule has 0 amide bonds. The second-order valence-electron chi connectivity index (χ2n) is 23.7. The summed E-state index contributed by atoms with van der Waals surface area (Å²) in [6.45, 7) is 0. The van der Waals surface area contributed by atoms with Crippen LogP contribution in [0.2, 0.25) is 0 Å². The Hall–Kier alpha value is -12.5. The van der Waals surface area contributed by atoms with Crippen LogP contribution in [0, 0.1) is 0 Å². The van der Waals surface area contributed by atoms with E-state index in [1.165, 1.54) is 27.8 Å². The van der Waals surface area contributed by atoms with Crippen LogP contribution < -0.4 is 0 Å². The zero-order chi connectivity index (χ0) is 60.2. The Morgan fingerprint density at radius 1 is 0.261 bits per heavy atom. The van der Waals surface area contributed by atoms with Gasteiger partial charge < -0.3 is 8.83 Å². The van der Waals surface area contributed by atoms with Gasteiger partial charge in [-0.2, -0.15) is 0 Å². The van der Waals surface area contributed by atoms with Crippen molar-refractivity contribution in [3.8, 4) is 124 Å². The predicted octanol–water partition coefficient (Wildman–Crippen LogP) is 17.5. The number of aromatic nitrogens is 10. The fourth-order valence-corrected chi connectivity index (χ4v) is 15.5. The smallest absolute Gasteiger partial charge is 0.182 e. The molecule has 0 aliphatic heterocycles. The van der Waals surface area contributed by atoms with E-state index in [0.717, 1.165) is 111 Å². The third kappa shape index (κ3) is 6.83. The summed E-state index contributed by atoms with van der Waals surface area (Å²) in [6.07, 6.45) is 10.7. The number of pyridine rings is 4. The molecule has 4 aliphatic carbocycles. The number of benzene rings is 8. The molecule has 2 spiro atoms. The largest absolute Gasteiger partial charge is 0.459 e. The molecule has 0 fully saturated rings. The summed E-state index contributed by atoms with van der Waals surface area (Å²) in [4.78, 5) is 50.9. The molecule has 4 aliphatic rings. The molecule has 0 saturated carbocycles. The Morgan fingerprint density at radius 2 is 0.739 bits per heavy atom. The van der Waals surface area contributed by atoms with Gasteiger partial charge in [0.2, 0.25) is 0 Å². The fourth-order valence-electron chi connectivity index (χ4n) is 15.5.